The van der Waals surface area contributed by atoms with Crippen LogP contribution in [0, 0.1) is 5.82 Å². The topological polar surface area (TPSA) is 84.2 Å². The highest BCUT2D eigenvalue weighted by atomic mass is 19.1. The third-order valence-electron chi connectivity index (χ3n) is 3.54. The number of hydrogen-bond acceptors (Lipinski definition) is 4. The zero-order valence-electron chi connectivity index (χ0n) is 13.7. The van der Waals surface area contributed by atoms with Crippen molar-refractivity contribution in [1.29, 1.82) is 0 Å². The number of oxazole rings is 1. The maximum absolute atomic E-state index is 13.1. The van der Waals surface area contributed by atoms with Crippen LogP contribution in [0.2, 0.25) is 0 Å². The van der Waals surface area contributed by atoms with E-state index in [1.807, 2.05) is 30.3 Å². The summed E-state index contributed by atoms with van der Waals surface area (Å²) in [5.41, 5.74) is 1.04. The Morgan fingerprint density at radius 1 is 1.04 bits per heavy atom. The van der Waals surface area contributed by atoms with Gasteiger partial charge in [0.25, 0.3) is 5.91 Å². The predicted molar refractivity (Wildman–Crippen MR) is 92.5 cm³/mol. The minimum Gasteiger partial charge on any atom is -0.439 e. The van der Waals surface area contributed by atoms with Gasteiger partial charge in [0.2, 0.25) is 11.8 Å². The maximum atomic E-state index is 13.1. The van der Waals surface area contributed by atoms with Crippen molar-refractivity contribution >= 4 is 11.8 Å². The minimum absolute atomic E-state index is 0.0987. The molecule has 2 amide bonds. The van der Waals surface area contributed by atoms with Gasteiger partial charge in [0.15, 0.2) is 5.76 Å². The molecule has 0 atom stereocenters. The van der Waals surface area contributed by atoms with Gasteiger partial charge in [-0.25, -0.2) is 9.37 Å². The number of nitrogens with one attached hydrogen (secondary N) is 2. The molecule has 3 aromatic rings. The molecule has 0 spiro atoms. The van der Waals surface area contributed by atoms with E-state index < -0.39 is 17.6 Å². The first-order chi connectivity index (χ1) is 12.6. The predicted octanol–water partition coefficient (Wildman–Crippen LogP) is 2.53. The molecule has 0 saturated carbocycles. The highest BCUT2D eigenvalue weighted by Crippen LogP contribution is 2.19. The number of carbonyl (C=O) groups excluding carboxylic acids is 2. The molecule has 6 nitrogen and oxygen atoms in total. The molecule has 1 heterocycles. The van der Waals surface area contributed by atoms with E-state index in [1.54, 1.807) is 6.20 Å². The van der Waals surface area contributed by atoms with Crippen LogP contribution in [0.25, 0.3) is 11.3 Å². The molecule has 0 bridgehead atoms. The smallest absolute Gasteiger partial charge is 0.251 e. The fourth-order valence-electron chi connectivity index (χ4n) is 2.26. The van der Waals surface area contributed by atoms with Crippen molar-refractivity contribution in [3.8, 4) is 11.3 Å². The van der Waals surface area contributed by atoms with Gasteiger partial charge >= 0.3 is 0 Å². The lowest BCUT2D eigenvalue weighted by Gasteiger charge is -2.05. The zero-order valence-corrected chi connectivity index (χ0v) is 13.7. The third-order valence-corrected chi connectivity index (χ3v) is 3.54. The van der Waals surface area contributed by atoms with Crippen LogP contribution < -0.4 is 10.6 Å². The lowest BCUT2D eigenvalue weighted by atomic mass is 10.2. The number of hydrogen-bond donors (Lipinski definition) is 2. The summed E-state index contributed by atoms with van der Waals surface area (Å²) >= 11 is 0. The molecule has 26 heavy (non-hydrogen) atoms. The zero-order chi connectivity index (χ0) is 18.4. The number of halogens is 1. The molecule has 2 N–H and O–H groups in total. The summed E-state index contributed by atoms with van der Waals surface area (Å²) < 4.78 is 18.7. The van der Waals surface area contributed by atoms with Crippen LogP contribution in [-0.2, 0) is 11.3 Å². The first-order valence-corrected chi connectivity index (χ1v) is 7.92. The molecular formula is C19H16FN3O3. The van der Waals surface area contributed by atoms with E-state index in [4.69, 9.17) is 4.42 Å². The Kier molecular flexibility index (Phi) is 5.38. The number of nitrogens with zero attached hydrogens (tertiary/aromatic N) is 1. The van der Waals surface area contributed by atoms with Gasteiger partial charge in [-0.2, -0.15) is 0 Å². The van der Waals surface area contributed by atoms with Gasteiger partial charge in [-0.15, -0.1) is 0 Å². The Hall–Kier alpha value is -3.48. The highest BCUT2D eigenvalue weighted by Gasteiger charge is 2.10. The van der Waals surface area contributed by atoms with Crippen molar-refractivity contribution in [2.24, 2.45) is 0 Å². The SMILES string of the molecule is O=C(CNC(=O)c1cccc(F)c1)NCc1ncc(-c2ccccc2)o1. The van der Waals surface area contributed by atoms with Crippen LogP contribution >= 0.6 is 0 Å². The summed E-state index contributed by atoms with van der Waals surface area (Å²) in [4.78, 5) is 27.8. The van der Waals surface area contributed by atoms with Gasteiger partial charge in [0.1, 0.15) is 5.82 Å². The third kappa shape index (κ3) is 4.54. The number of rotatable bonds is 6. The fourth-order valence-corrected chi connectivity index (χ4v) is 2.26. The van der Waals surface area contributed by atoms with Crippen LogP contribution in [0.3, 0.4) is 0 Å². The Bertz CT molecular complexity index is 909. The number of aromatic nitrogens is 1. The van der Waals surface area contributed by atoms with Crippen LogP contribution in [0.15, 0.2) is 65.2 Å². The van der Waals surface area contributed by atoms with Gasteiger partial charge in [0.05, 0.1) is 19.3 Å². The van der Waals surface area contributed by atoms with Gasteiger partial charge in [0, 0.05) is 11.1 Å². The van der Waals surface area contributed by atoms with Crippen molar-refractivity contribution in [2.75, 3.05) is 6.54 Å². The van der Waals surface area contributed by atoms with Crippen LogP contribution in [0.1, 0.15) is 16.2 Å². The second-order valence-corrected chi connectivity index (χ2v) is 5.45. The molecule has 0 fully saturated rings. The normalized spacial score (nSPS) is 10.3. The van der Waals surface area contributed by atoms with Crippen LogP contribution in [-0.4, -0.2) is 23.3 Å². The van der Waals surface area contributed by atoms with E-state index in [0.29, 0.717) is 11.7 Å². The van der Waals surface area contributed by atoms with E-state index in [0.717, 1.165) is 11.6 Å². The number of carbonyl (C=O) groups is 2. The van der Waals surface area contributed by atoms with Gasteiger partial charge in [-0.05, 0) is 18.2 Å². The van der Waals surface area contributed by atoms with E-state index in [2.05, 4.69) is 15.6 Å². The summed E-state index contributed by atoms with van der Waals surface area (Å²) in [5, 5.41) is 5.02. The Balaban J connectivity index is 1.47. The quantitative estimate of drug-likeness (QED) is 0.713. The van der Waals surface area contributed by atoms with Crippen molar-refractivity contribution < 1.29 is 18.4 Å². The molecule has 0 unspecified atom stereocenters. The largest absolute Gasteiger partial charge is 0.439 e. The summed E-state index contributed by atoms with van der Waals surface area (Å²) in [6.07, 6.45) is 1.59. The molecule has 2 aromatic carbocycles. The van der Waals surface area contributed by atoms with Crippen molar-refractivity contribution in [3.63, 3.8) is 0 Å². The number of benzene rings is 2. The van der Waals surface area contributed by atoms with E-state index in [-0.39, 0.29) is 18.7 Å². The lowest BCUT2D eigenvalue weighted by Crippen LogP contribution is -2.36. The summed E-state index contributed by atoms with van der Waals surface area (Å²) in [6.45, 7) is -0.136. The molecule has 3 rings (SSSR count). The molecule has 7 heteroatoms. The van der Waals surface area contributed by atoms with Gasteiger partial charge in [-0.1, -0.05) is 36.4 Å². The van der Waals surface area contributed by atoms with Gasteiger partial charge < -0.3 is 15.1 Å². The monoisotopic (exact) mass is 353 g/mol. The Morgan fingerprint density at radius 3 is 2.62 bits per heavy atom. The molecule has 1 aromatic heterocycles. The summed E-state index contributed by atoms with van der Waals surface area (Å²) in [6, 6.07) is 14.7. The second-order valence-electron chi connectivity index (χ2n) is 5.45. The first-order valence-electron chi connectivity index (χ1n) is 7.92. The standard InChI is InChI=1S/C19H16FN3O3/c20-15-8-4-7-14(9-15)19(25)23-11-17(24)21-12-18-22-10-16(26-18)13-5-2-1-3-6-13/h1-10H,11-12H2,(H,21,24)(H,23,25). The summed E-state index contributed by atoms with van der Waals surface area (Å²) in [7, 11) is 0. The molecule has 0 aliphatic heterocycles. The molecule has 0 aliphatic carbocycles. The summed E-state index contributed by atoms with van der Waals surface area (Å²) in [5.74, 6) is -0.487. The molecule has 0 saturated heterocycles. The average molecular weight is 353 g/mol. The second kappa shape index (κ2) is 8.06. The minimum atomic E-state index is -0.526. The fraction of sp³-hybridized carbons (Fsp3) is 0.105. The van der Waals surface area contributed by atoms with Gasteiger partial charge in [-0.3, -0.25) is 9.59 Å². The highest BCUT2D eigenvalue weighted by molar-refractivity contribution is 5.96. The maximum Gasteiger partial charge on any atom is 0.251 e. The molecule has 132 valence electrons. The van der Waals surface area contributed by atoms with E-state index >= 15 is 0 Å². The first kappa shape index (κ1) is 17.3. The van der Waals surface area contributed by atoms with Crippen LogP contribution in [0.5, 0.6) is 0 Å². The molecule has 0 aliphatic rings. The number of amides is 2. The van der Waals surface area contributed by atoms with Crippen molar-refractivity contribution in [1.82, 2.24) is 15.6 Å². The molecule has 0 radical (unpaired) electrons. The van der Waals surface area contributed by atoms with Crippen LogP contribution in [0.4, 0.5) is 4.39 Å². The lowest BCUT2D eigenvalue weighted by molar-refractivity contribution is -0.120. The average Bonchev–Trinajstić information content (AvgIpc) is 3.14. The van der Waals surface area contributed by atoms with Crippen molar-refractivity contribution in [2.45, 2.75) is 6.54 Å². The Morgan fingerprint density at radius 2 is 1.85 bits per heavy atom. The van der Waals surface area contributed by atoms with E-state index in [9.17, 15) is 14.0 Å². The van der Waals surface area contributed by atoms with Crippen molar-refractivity contribution in [3.05, 3.63) is 78.1 Å². The van der Waals surface area contributed by atoms with E-state index in [1.165, 1.54) is 18.2 Å². The molecular weight excluding hydrogens is 337 g/mol. The Labute approximate surface area is 149 Å².